The highest BCUT2D eigenvalue weighted by atomic mass is 32.1. The van der Waals surface area contributed by atoms with Crippen LogP contribution in [0.5, 0.6) is 0 Å². The fraction of sp³-hybridized carbons (Fsp3) is 0.148. The number of halogens is 1. The van der Waals surface area contributed by atoms with Gasteiger partial charge in [-0.3, -0.25) is 9.67 Å². The average Bonchev–Trinajstić information content (AvgIpc) is 3.58. The summed E-state index contributed by atoms with van der Waals surface area (Å²) < 4.78 is 17.0. The summed E-state index contributed by atoms with van der Waals surface area (Å²) in [6.45, 7) is 0. The number of pyridine rings is 1. The first-order valence-electron chi connectivity index (χ1n) is 11.5. The van der Waals surface area contributed by atoms with Gasteiger partial charge in [0.25, 0.3) is 0 Å². The van der Waals surface area contributed by atoms with E-state index < -0.39 is 0 Å². The van der Waals surface area contributed by atoms with E-state index in [-0.39, 0.29) is 5.82 Å². The SMILES string of the molecule is CN(C)c1cncc(-c2cc3c(-c4nc5c([nH]4)CC(N)=CC=C5c4cccs4)nn(C)c3cc2F)c1. The largest absolute Gasteiger partial charge is 0.402 e. The molecule has 0 fully saturated rings. The van der Waals surface area contributed by atoms with E-state index in [1.807, 2.05) is 61.8 Å². The highest BCUT2D eigenvalue weighted by Crippen LogP contribution is 2.36. The van der Waals surface area contributed by atoms with Gasteiger partial charge in [0.1, 0.15) is 11.5 Å². The summed E-state index contributed by atoms with van der Waals surface area (Å²) in [5.74, 6) is 0.297. The van der Waals surface area contributed by atoms with Gasteiger partial charge in [-0.05, 0) is 35.7 Å². The van der Waals surface area contributed by atoms with Crippen LogP contribution in [0, 0.1) is 5.82 Å². The molecule has 4 heterocycles. The second-order valence-electron chi connectivity index (χ2n) is 9.04. The van der Waals surface area contributed by atoms with E-state index in [0.717, 1.165) is 38.6 Å². The molecule has 0 amide bonds. The van der Waals surface area contributed by atoms with Crippen molar-refractivity contribution < 1.29 is 4.39 Å². The molecule has 0 saturated carbocycles. The summed E-state index contributed by atoms with van der Waals surface area (Å²) in [5, 5.41) is 7.57. The van der Waals surface area contributed by atoms with Crippen molar-refractivity contribution in [2.75, 3.05) is 19.0 Å². The number of benzene rings is 1. The first-order chi connectivity index (χ1) is 17.4. The van der Waals surface area contributed by atoms with E-state index >= 15 is 4.39 Å². The Morgan fingerprint density at radius 2 is 2.00 bits per heavy atom. The number of aromatic amines is 1. The van der Waals surface area contributed by atoms with Gasteiger partial charge in [-0.25, -0.2) is 9.37 Å². The third-order valence-electron chi connectivity index (χ3n) is 6.38. The van der Waals surface area contributed by atoms with Crippen molar-refractivity contribution in [3.63, 3.8) is 0 Å². The van der Waals surface area contributed by atoms with Gasteiger partial charge in [0.2, 0.25) is 0 Å². The normalized spacial score (nSPS) is 13.3. The van der Waals surface area contributed by atoms with Crippen molar-refractivity contribution in [1.82, 2.24) is 24.7 Å². The van der Waals surface area contributed by atoms with E-state index in [0.29, 0.717) is 34.6 Å². The Bertz CT molecular complexity index is 1670. The van der Waals surface area contributed by atoms with E-state index in [4.69, 9.17) is 15.8 Å². The van der Waals surface area contributed by atoms with Crippen LogP contribution in [0.3, 0.4) is 0 Å². The molecule has 1 aromatic carbocycles. The number of fused-ring (bicyclic) bond motifs is 2. The number of nitrogens with one attached hydrogen (secondary N) is 1. The van der Waals surface area contributed by atoms with Gasteiger partial charge in [0.15, 0.2) is 5.82 Å². The number of rotatable bonds is 4. The molecule has 0 radical (unpaired) electrons. The van der Waals surface area contributed by atoms with Crippen molar-refractivity contribution in [2.24, 2.45) is 12.8 Å². The molecule has 0 unspecified atom stereocenters. The van der Waals surface area contributed by atoms with Crippen LogP contribution in [-0.4, -0.2) is 38.8 Å². The lowest BCUT2D eigenvalue weighted by Crippen LogP contribution is -2.08. The third kappa shape index (κ3) is 3.68. The molecular formula is C27H24FN7S. The second kappa shape index (κ2) is 8.46. The number of aromatic nitrogens is 5. The summed E-state index contributed by atoms with van der Waals surface area (Å²) in [5.41, 5.74) is 13.2. The van der Waals surface area contributed by atoms with E-state index in [1.54, 1.807) is 28.4 Å². The van der Waals surface area contributed by atoms with Crippen LogP contribution in [0.4, 0.5) is 10.1 Å². The van der Waals surface area contributed by atoms with Gasteiger partial charge < -0.3 is 15.6 Å². The van der Waals surface area contributed by atoms with Crippen LogP contribution in [-0.2, 0) is 13.5 Å². The maximum Gasteiger partial charge on any atom is 0.159 e. The predicted molar refractivity (Wildman–Crippen MR) is 143 cm³/mol. The Hall–Kier alpha value is -4.24. The molecule has 7 nitrogen and oxygen atoms in total. The number of allylic oxidation sites excluding steroid dienone is 3. The minimum atomic E-state index is -0.328. The number of nitrogens with zero attached hydrogens (tertiary/aromatic N) is 5. The van der Waals surface area contributed by atoms with E-state index in [2.05, 4.69) is 16.0 Å². The number of H-pyrrole nitrogens is 1. The van der Waals surface area contributed by atoms with Crippen LogP contribution in [0.25, 0.3) is 39.1 Å². The zero-order valence-corrected chi connectivity index (χ0v) is 20.9. The van der Waals surface area contributed by atoms with Crippen LogP contribution in [0.2, 0.25) is 0 Å². The Labute approximate surface area is 211 Å². The Balaban J connectivity index is 1.52. The lowest BCUT2D eigenvalue weighted by Gasteiger charge is -2.13. The highest BCUT2D eigenvalue weighted by Gasteiger charge is 2.23. The molecule has 1 aliphatic carbocycles. The molecule has 0 spiro atoms. The maximum atomic E-state index is 15.3. The van der Waals surface area contributed by atoms with Gasteiger partial charge in [-0.1, -0.05) is 6.07 Å². The number of nitrogens with two attached hydrogens (primary N) is 1. The molecule has 1 aliphatic rings. The van der Waals surface area contributed by atoms with Gasteiger partial charge in [-0.15, -0.1) is 11.3 Å². The van der Waals surface area contributed by atoms with Crippen LogP contribution < -0.4 is 10.6 Å². The Morgan fingerprint density at radius 1 is 1.14 bits per heavy atom. The molecule has 4 aromatic heterocycles. The number of anilines is 1. The number of imidazole rings is 1. The smallest absolute Gasteiger partial charge is 0.159 e. The second-order valence-corrected chi connectivity index (χ2v) is 9.98. The fourth-order valence-corrected chi connectivity index (χ4v) is 5.28. The molecule has 0 atom stereocenters. The van der Waals surface area contributed by atoms with E-state index in [9.17, 15) is 0 Å². The monoisotopic (exact) mass is 497 g/mol. The van der Waals surface area contributed by atoms with Crippen molar-refractivity contribution in [1.29, 1.82) is 0 Å². The van der Waals surface area contributed by atoms with Crippen LogP contribution in [0.15, 0.2) is 66.0 Å². The summed E-state index contributed by atoms with van der Waals surface area (Å²) in [6, 6.07) is 9.38. The molecule has 36 heavy (non-hydrogen) atoms. The molecule has 180 valence electrons. The first-order valence-corrected chi connectivity index (χ1v) is 12.4. The topological polar surface area (TPSA) is 88.7 Å². The lowest BCUT2D eigenvalue weighted by molar-refractivity contribution is 0.631. The summed E-state index contributed by atoms with van der Waals surface area (Å²) in [6.07, 6.45) is 7.94. The van der Waals surface area contributed by atoms with Gasteiger partial charge in [-0.2, -0.15) is 5.10 Å². The first kappa shape index (κ1) is 22.2. The van der Waals surface area contributed by atoms with Crippen molar-refractivity contribution in [3.8, 4) is 22.6 Å². The van der Waals surface area contributed by atoms with Gasteiger partial charge >= 0.3 is 0 Å². The summed E-state index contributed by atoms with van der Waals surface area (Å²) in [7, 11) is 5.67. The molecule has 5 aromatic rings. The minimum Gasteiger partial charge on any atom is -0.402 e. The zero-order chi connectivity index (χ0) is 25.0. The minimum absolute atomic E-state index is 0.328. The summed E-state index contributed by atoms with van der Waals surface area (Å²) in [4.78, 5) is 15.8. The highest BCUT2D eigenvalue weighted by molar-refractivity contribution is 7.11. The number of hydrogen-bond acceptors (Lipinski definition) is 6. The molecule has 0 bridgehead atoms. The quantitative estimate of drug-likeness (QED) is 0.360. The molecule has 3 N–H and O–H groups in total. The average molecular weight is 498 g/mol. The number of aryl methyl sites for hydroxylation is 1. The lowest BCUT2D eigenvalue weighted by atomic mass is 10.0. The van der Waals surface area contributed by atoms with Crippen molar-refractivity contribution in [3.05, 3.63) is 88.0 Å². The van der Waals surface area contributed by atoms with Gasteiger partial charge in [0.05, 0.1) is 23.1 Å². The fourth-order valence-electron chi connectivity index (χ4n) is 4.53. The number of thiophene rings is 1. The molecular weight excluding hydrogens is 473 g/mol. The Kier molecular flexibility index (Phi) is 5.22. The molecule has 0 aliphatic heterocycles. The number of hydrogen-bond donors (Lipinski definition) is 2. The Morgan fingerprint density at radius 3 is 2.78 bits per heavy atom. The van der Waals surface area contributed by atoms with Crippen LogP contribution in [0.1, 0.15) is 16.3 Å². The van der Waals surface area contributed by atoms with Crippen molar-refractivity contribution in [2.45, 2.75) is 6.42 Å². The van der Waals surface area contributed by atoms with Crippen LogP contribution >= 0.6 is 11.3 Å². The molecule has 0 saturated heterocycles. The van der Waals surface area contributed by atoms with Crippen molar-refractivity contribution >= 4 is 33.5 Å². The summed E-state index contributed by atoms with van der Waals surface area (Å²) >= 11 is 1.66. The zero-order valence-electron chi connectivity index (χ0n) is 20.1. The third-order valence-corrected chi connectivity index (χ3v) is 7.28. The standard InChI is InChI=1S/C27H24FN7S/c1-34(2)17-9-15(13-30-14-17)19-11-20-23(12-21(19)28)35(3)33-26(20)27-31-22-10-16(29)6-7-18(25(22)32-27)24-5-4-8-36-24/h4-9,11-14H,10,29H2,1-3H3,(H,31,32). The maximum absolute atomic E-state index is 15.3. The van der Waals surface area contributed by atoms with Gasteiger partial charge in [0, 0.05) is 78.2 Å². The molecule has 6 rings (SSSR count). The molecule has 9 heteroatoms. The van der Waals surface area contributed by atoms with E-state index in [1.165, 1.54) is 6.07 Å². The predicted octanol–water partition coefficient (Wildman–Crippen LogP) is 5.12.